The number of carbonyl (C=O) groups is 1. The molecule has 3 aromatic rings. The molecule has 2 heterocycles. The van der Waals surface area contributed by atoms with Gasteiger partial charge in [0.25, 0.3) is 0 Å². The molecule has 1 amide bonds. The van der Waals surface area contributed by atoms with Crippen molar-refractivity contribution < 1.29 is 9.32 Å². The molecular formula is C21H23N3O2S. The Morgan fingerprint density at radius 2 is 2.11 bits per heavy atom. The number of nitrogens with one attached hydrogen (secondary N) is 1. The van der Waals surface area contributed by atoms with E-state index in [1.807, 2.05) is 35.7 Å². The van der Waals surface area contributed by atoms with E-state index >= 15 is 0 Å². The summed E-state index contributed by atoms with van der Waals surface area (Å²) in [6.45, 7) is 2.24. The first-order chi connectivity index (χ1) is 13.2. The van der Waals surface area contributed by atoms with Crippen molar-refractivity contribution in [1.29, 1.82) is 0 Å². The van der Waals surface area contributed by atoms with Crippen LogP contribution in [0.3, 0.4) is 0 Å². The lowest BCUT2D eigenvalue weighted by atomic mass is 10.0. The van der Waals surface area contributed by atoms with Gasteiger partial charge in [-0.15, -0.1) is 11.3 Å². The molecule has 0 radical (unpaired) electrons. The smallest absolute Gasteiger partial charge is 0.226 e. The molecule has 6 heteroatoms. The molecule has 0 spiro atoms. The van der Waals surface area contributed by atoms with Gasteiger partial charge in [-0.1, -0.05) is 48.5 Å². The Labute approximate surface area is 162 Å². The number of rotatable bonds is 8. The van der Waals surface area contributed by atoms with Gasteiger partial charge in [0.1, 0.15) is 0 Å². The summed E-state index contributed by atoms with van der Waals surface area (Å²) in [6, 6.07) is 14.3. The molecule has 1 fully saturated rings. The predicted molar refractivity (Wildman–Crippen MR) is 105 cm³/mol. The Hall–Kier alpha value is -2.47. The summed E-state index contributed by atoms with van der Waals surface area (Å²) in [7, 11) is 0. The molecule has 1 saturated carbocycles. The number of amides is 1. The molecular weight excluding hydrogens is 358 g/mol. The van der Waals surface area contributed by atoms with E-state index in [0.29, 0.717) is 42.8 Å². The molecule has 0 aliphatic heterocycles. The highest BCUT2D eigenvalue weighted by Crippen LogP contribution is 2.46. The fourth-order valence-corrected chi connectivity index (χ4v) is 4.07. The third-order valence-electron chi connectivity index (χ3n) is 5.08. The third-order valence-corrected chi connectivity index (χ3v) is 5.94. The fraction of sp³-hybridized carbons (Fsp3) is 0.381. The molecule has 1 N–H and O–H groups in total. The molecule has 0 bridgehead atoms. The summed E-state index contributed by atoms with van der Waals surface area (Å²) in [5, 5.41) is 9.23. The van der Waals surface area contributed by atoms with E-state index in [1.165, 1.54) is 12.0 Å². The molecule has 140 valence electrons. The number of thiophene rings is 1. The van der Waals surface area contributed by atoms with Crippen LogP contribution in [0.2, 0.25) is 0 Å². The fourth-order valence-electron chi connectivity index (χ4n) is 3.42. The van der Waals surface area contributed by atoms with Crippen LogP contribution in [0.25, 0.3) is 10.7 Å². The lowest BCUT2D eigenvalue weighted by molar-refractivity contribution is -0.122. The number of hydrogen-bond donors (Lipinski definition) is 1. The van der Waals surface area contributed by atoms with Gasteiger partial charge in [0, 0.05) is 12.8 Å². The molecule has 4 rings (SSSR count). The number of carbonyl (C=O) groups excluding carboxylic acids is 1. The van der Waals surface area contributed by atoms with Crippen molar-refractivity contribution in [2.45, 2.75) is 38.6 Å². The van der Waals surface area contributed by atoms with E-state index in [4.69, 9.17) is 4.52 Å². The van der Waals surface area contributed by atoms with Crippen molar-refractivity contribution in [3.8, 4) is 10.7 Å². The lowest BCUT2D eigenvalue weighted by Gasteiger charge is -2.19. The summed E-state index contributed by atoms with van der Waals surface area (Å²) in [5.74, 6) is 2.50. The lowest BCUT2D eigenvalue weighted by Crippen LogP contribution is -2.30. The number of aryl methyl sites for hydroxylation is 1. The second-order valence-electron chi connectivity index (χ2n) is 7.18. The first-order valence-electron chi connectivity index (χ1n) is 9.41. The van der Waals surface area contributed by atoms with E-state index in [2.05, 4.69) is 34.5 Å². The predicted octanol–water partition coefficient (Wildman–Crippen LogP) is 4.63. The van der Waals surface area contributed by atoms with Crippen LogP contribution >= 0.6 is 11.3 Å². The van der Waals surface area contributed by atoms with Gasteiger partial charge < -0.3 is 9.84 Å². The Morgan fingerprint density at radius 1 is 1.30 bits per heavy atom. The Kier molecular flexibility index (Phi) is 5.34. The maximum absolute atomic E-state index is 12.5. The average Bonchev–Trinajstić information content (AvgIpc) is 3.10. The Bertz CT molecular complexity index is 876. The Morgan fingerprint density at radius 3 is 2.81 bits per heavy atom. The first kappa shape index (κ1) is 17.9. The molecule has 1 aliphatic rings. The monoisotopic (exact) mass is 381 g/mol. The van der Waals surface area contributed by atoms with Gasteiger partial charge in [-0.05, 0) is 41.7 Å². The van der Waals surface area contributed by atoms with Gasteiger partial charge in [0.05, 0.1) is 10.9 Å². The normalized spacial score (nSPS) is 19.6. The van der Waals surface area contributed by atoms with Crippen molar-refractivity contribution in [3.05, 3.63) is 59.3 Å². The quantitative estimate of drug-likeness (QED) is 0.617. The van der Waals surface area contributed by atoms with E-state index in [-0.39, 0.29) is 11.9 Å². The van der Waals surface area contributed by atoms with Crippen LogP contribution in [0.1, 0.15) is 43.7 Å². The molecule has 27 heavy (non-hydrogen) atoms. The zero-order chi connectivity index (χ0) is 18.6. The second kappa shape index (κ2) is 8.05. The van der Waals surface area contributed by atoms with Crippen molar-refractivity contribution in [2.75, 3.05) is 0 Å². The number of hydrogen-bond acceptors (Lipinski definition) is 5. The SMILES string of the molecule is CC1CC1C(NC(=O)CCCc1nc(-c2cccs2)no1)c1ccccc1. The summed E-state index contributed by atoms with van der Waals surface area (Å²) >= 11 is 1.58. The molecule has 3 unspecified atom stereocenters. The summed E-state index contributed by atoms with van der Waals surface area (Å²) < 4.78 is 5.30. The highest BCUT2D eigenvalue weighted by atomic mass is 32.1. The largest absolute Gasteiger partial charge is 0.349 e. The zero-order valence-corrected chi connectivity index (χ0v) is 16.1. The van der Waals surface area contributed by atoms with Crippen LogP contribution in [0, 0.1) is 11.8 Å². The number of benzene rings is 1. The highest BCUT2D eigenvalue weighted by Gasteiger charge is 2.40. The van der Waals surface area contributed by atoms with Gasteiger partial charge in [-0.25, -0.2) is 0 Å². The van der Waals surface area contributed by atoms with Crippen molar-refractivity contribution in [2.24, 2.45) is 11.8 Å². The average molecular weight is 382 g/mol. The standard InChI is InChI=1S/C21H23N3O2S/c1-14-13-16(14)20(15-7-3-2-4-8-15)22-18(25)10-5-11-19-23-21(24-26-19)17-9-6-12-27-17/h2-4,6-9,12,14,16,20H,5,10-11,13H2,1H3,(H,22,25). The maximum atomic E-state index is 12.5. The molecule has 2 aromatic heterocycles. The summed E-state index contributed by atoms with van der Waals surface area (Å²) in [4.78, 5) is 17.9. The minimum Gasteiger partial charge on any atom is -0.349 e. The van der Waals surface area contributed by atoms with Crippen LogP contribution in [0.4, 0.5) is 0 Å². The number of aromatic nitrogens is 2. The van der Waals surface area contributed by atoms with Crippen LogP contribution < -0.4 is 5.32 Å². The second-order valence-corrected chi connectivity index (χ2v) is 8.12. The van der Waals surface area contributed by atoms with Crippen LogP contribution in [0.5, 0.6) is 0 Å². The van der Waals surface area contributed by atoms with Gasteiger partial charge >= 0.3 is 0 Å². The third kappa shape index (κ3) is 4.45. The van der Waals surface area contributed by atoms with Gasteiger partial charge in [-0.3, -0.25) is 4.79 Å². The molecule has 3 atom stereocenters. The first-order valence-corrected chi connectivity index (χ1v) is 10.3. The topological polar surface area (TPSA) is 68.0 Å². The van der Waals surface area contributed by atoms with E-state index < -0.39 is 0 Å². The molecule has 1 aliphatic carbocycles. The van der Waals surface area contributed by atoms with Crippen molar-refractivity contribution in [3.63, 3.8) is 0 Å². The van der Waals surface area contributed by atoms with E-state index in [9.17, 15) is 4.79 Å². The maximum Gasteiger partial charge on any atom is 0.226 e. The molecule has 1 aromatic carbocycles. The number of nitrogens with zero attached hydrogens (tertiary/aromatic N) is 2. The zero-order valence-electron chi connectivity index (χ0n) is 15.3. The summed E-state index contributed by atoms with van der Waals surface area (Å²) in [6.07, 6.45) is 2.94. The minimum atomic E-state index is 0.0842. The van der Waals surface area contributed by atoms with Crippen LogP contribution in [-0.4, -0.2) is 16.0 Å². The van der Waals surface area contributed by atoms with Gasteiger partial charge in [0.2, 0.25) is 17.6 Å². The van der Waals surface area contributed by atoms with Crippen LogP contribution in [0.15, 0.2) is 52.4 Å². The van der Waals surface area contributed by atoms with Crippen molar-refractivity contribution in [1.82, 2.24) is 15.5 Å². The van der Waals surface area contributed by atoms with E-state index in [0.717, 1.165) is 4.88 Å². The van der Waals surface area contributed by atoms with Gasteiger partial charge in [-0.2, -0.15) is 4.98 Å². The highest BCUT2D eigenvalue weighted by molar-refractivity contribution is 7.13. The van der Waals surface area contributed by atoms with Crippen LogP contribution in [-0.2, 0) is 11.2 Å². The molecule has 0 saturated heterocycles. The van der Waals surface area contributed by atoms with Gasteiger partial charge in [0.15, 0.2) is 0 Å². The molecule has 5 nitrogen and oxygen atoms in total. The van der Waals surface area contributed by atoms with E-state index in [1.54, 1.807) is 11.3 Å². The summed E-state index contributed by atoms with van der Waals surface area (Å²) in [5.41, 5.74) is 1.19. The Balaban J connectivity index is 1.29. The van der Waals surface area contributed by atoms with Crippen molar-refractivity contribution >= 4 is 17.2 Å². The minimum absolute atomic E-state index is 0.0842.